The zero-order valence-corrected chi connectivity index (χ0v) is 16.3. The number of ether oxygens (including phenoxy) is 1. The van der Waals surface area contributed by atoms with Crippen LogP contribution in [0.5, 0.6) is 0 Å². The largest absolute Gasteiger partial charge is 0.452 e. The first-order valence-electron chi connectivity index (χ1n) is 9.13. The standard InChI is InChI=1S/C22H15F3N4O3/c23-22(24,25)15-6-3-7-16(11-15)28-20-17(8-4-10-27-20)21(31)32-13-19(30)29-18-9-2-1-5-14(18)12-26/h1-11H,13H2,(H,27,28)(H,29,30). The normalized spacial score (nSPS) is 10.7. The number of pyridine rings is 1. The number of hydrogen-bond donors (Lipinski definition) is 2. The second-order valence-corrected chi connectivity index (χ2v) is 6.38. The molecule has 0 saturated heterocycles. The van der Waals surface area contributed by atoms with E-state index in [1.807, 2.05) is 6.07 Å². The van der Waals surface area contributed by atoms with Gasteiger partial charge >= 0.3 is 12.1 Å². The van der Waals surface area contributed by atoms with Crippen molar-refractivity contribution >= 4 is 29.1 Å². The van der Waals surface area contributed by atoms with Crippen molar-refractivity contribution in [3.05, 3.63) is 83.6 Å². The van der Waals surface area contributed by atoms with Gasteiger partial charge in [0.15, 0.2) is 6.61 Å². The van der Waals surface area contributed by atoms with Crippen LogP contribution in [0.4, 0.5) is 30.4 Å². The molecule has 0 spiro atoms. The van der Waals surface area contributed by atoms with Crippen molar-refractivity contribution in [1.82, 2.24) is 4.98 Å². The lowest BCUT2D eigenvalue weighted by Crippen LogP contribution is -2.22. The minimum absolute atomic E-state index is 0.0351. The number of esters is 1. The van der Waals surface area contributed by atoms with E-state index in [-0.39, 0.29) is 28.3 Å². The van der Waals surface area contributed by atoms with Gasteiger partial charge in [0, 0.05) is 11.9 Å². The lowest BCUT2D eigenvalue weighted by Gasteiger charge is -2.13. The second kappa shape index (κ2) is 9.61. The molecule has 0 saturated carbocycles. The number of nitrogens with one attached hydrogen (secondary N) is 2. The van der Waals surface area contributed by atoms with Gasteiger partial charge in [-0.3, -0.25) is 4.79 Å². The molecule has 0 aliphatic rings. The van der Waals surface area contributed by atoms with Crippen LogP contribution in [-0.4, -0.2) is 23.5 Å². The van der Waals surface area contributed by atoms with Gasteiger partial charge in [-0.15, -0.1) is 0 Å². The molecule has 3 rings (SSSR count). The first-order chi connectivity index (χ1) is 15.3. The monoisotopic (exact) mass is 440 g/mol. The third-order valence-electron chi connectivity index (χ3n) is 4.14. The molecule has 162 valence electrons. The molecule has 10 heteroatoms. The number of nitriles is 1. The maximum absolute atomic E-state index is 12.9. The van der Waals surface area contributed by atoms with Gasteiger partial charge < -0.3 is 15.4 Å². The number of halogens is 3. The first-order valence-corrected chi connectivity index (χ1v) is 9.13. The maximum atomic E-state index is 12.9. The van der Waals surface area contributed by atoms with Crippen LogP contribution in [0.25, 0.3) is 0 Å². The van der Waals surface area contributed by atoms with Gasteiger partial charge in [0.25, 0.3) is 5.91 Å². The summed E-state index contributed by atoms with van der Waals surface area (Å²) in [5, 5.41) is 14.2. The Morgan fingerprint density at radius 3 is 2.59 bits per heavy atom. The van der Waals surface area contributed by atoms with Crippen LogP contribution in [0.3, 0.4) is 0 Å². The van der Waals surface area contributed by atoms with Crippen LogP contribution >= 0.6 is 0 Å². The van der Waals surface area contributed by atoms with E-state index in [1.165, 1.54) is 42.6 Å². The number of para-hydroxylation sites is 1. The molecule has 3 aromatic rings. The highest BCUT2D eigenvalue weighted by atomic mass is 19.4. The van der Waals surface area contributed by atoms with E-state index in [0.29, 0.717) is 0 Å². The molecule has 0 radical (unpaired) electrons. The summed E-state index contributed by atoms with van der Waals surface area (Å²) in [7, 11) is 0. The average Bonchev–Trinajstić information content (AvgIpc) is 2.78. The van der Waals surface area contributed by atoms with E-state index >= 15 is 0 Å². The number of aromatic nitrogens is 1. The smallest absolute Gasteiger partial charge is 0.416 e. The number of anilines is 3. The summed E-state index contributed by atoms with van der Waals surface area (Å²) in [6, 6.07) is 15.4. The van der Waals surface area contributed by atoms with E-state index in [1.54, 1.807) is 12.1 Å². The Morgan fingerprint density at radius 2 is 1.84 bits per heavy atom. The van der Waals surface area contributed by atoms with Crippen LogP contribution in [0.2, 0.25) is 0 Å². The molecule has 1 heterocycles. The number of benzene rings is 2. The minimum atomic E-state index is -4.53. The average molecular weight is 440 g/mol. The molecule has 32 heavy (non-hydrogen) atoms. The Morgan fingerprint density at radius 1 is 1.06 bits per heavy atom. The van der Waals surface area contributed by atoms with Gasteiger partial charge in [-0.25, -0.2) is 9.78 Å². The number of alkyl halides is 3. The number of hydrogen-bond acceptors (Lipinski definition) is 6. The maximum Gasteiger partial charge on any atom is 0.416 e. The fourth-order valence-corrected chi connectivity index (χ4v) is 2.66. The van der Waals surface area contributed by atoms with E-state index < -0.39 is 30.2 Å². The Hall–Kier alpha value is -4.39. The highest BCUT2D eigenvalue weighted by Crippen LogP contribution is 2.31. The number of carbonyl (C=O) groups excluding carboxylic acids is 2. The fraction of sp³-hybridized carbons (Fsp3) is 0.0909. The van der Waals surface area contributed by atoms with Gasteiger partial charge in [-0.1, -0.05) is 18.2 Å². The number of carbonyl (C=O) groups is 2. The van der Waals surface area contributed by atoms with Crippen molar-refractivity contribution in [3.8, 4) is 6.07 Å². The number of nitrogens with zero attached hydrogens (tertiary/aromatic N) is 2. The van der Waals surface area contributed by atoms with Crippen LogP contribution in [0, 0.1) is 11.3 Å². The summed E-state index contributed by atoms with van der Waals surface area (Å²) in [6.07, 6.45) is -3.18. The Kier molecular flexibility index (Phi) is 6.70. The van der Waals surface area contributed by atoms with E-state index in [2.05, 4.69) is 15.6 Å². The zero-order chi connectivity index (χ0) is 23.1. The van der Waals surface area contributed by atoms with E-state index in [9.17, 15) is 22.8 Å². The van der Waals surface area contributed by atoms with Crippen molar-refractivity contribution in [2.45, 2.75) is 6.18 Å². The molecule has 0 fully saturated rings. The zero-order valence-electron chi connectivity index (χ0n) is 16.3. The Balaban J connectivity index is 1.68. The molecule has 1 amide bonds. The quantitative estimate of drug-likeness (QED) is 0.547. The van der Waals surface area contributed by atoms with Crippen molar-refractivity contribution < 1.29 is 27.5 Å². The van der Waals surface area contributed by atoms with Crippen molar-refractivity contribution in [1.29, 1.82) is 5.26 Å². The molecule has 0 aliphatic carbocycles. The van der Waals surface area contributed by atoms with Crippen LogP contribution in [0.1, 0.15) is 21.5 Å². The first kappa shape index (κ1) is 22.3. The van der Waals surface area contributed by atoms with Crippen molar-refractivity contribution in [3.63, 3.8) is 0 Å². The second-order valence-electron chi connectivity index (χ2n) is 6.38. The Labute approximate surface area is 180 Å². The van der Waals surface area contributed by atoms with Crippen molar-refractivity contribution in [2.24, 2.45) is 0 Å². The topological polar surface area (TPSA) is 104 Å². The van der Waals surface area contributed by atoms with Gasteiger partial charge in [-0.2, -0.15) is 18.4 Å². The van der Waals surface area contributed by atoms with Crippen LogP contribution in [-0.2, 0) is 15.7 Å². The Bertz CT molecular complexity index is 1190. The highest BCUT2D eigenvalue weighted by molar-refractivity contribution is 5.98. The van der Waals surface area contributed by atoms with Crippen molar-refractivity contribution in [2.75, 3.05) is 17.2 Å². The lowest BCUT2D eigenvalue weighted by atomic mass is 10.2. The van der Waals surface area contributed by atoms with Gasteiger partial charge in [0.2, 0.25) is 0 Å². The fourth-order valence-electron chi connectivity index (χ4n) is 2.66. The lowest BCUT2D eigenvalue weighted by molar-refractivity contribution is -0.137. The van der Waals surface area contributed by atoms with Crippen LogP contribution < -0.4 is 10.6 Å². The molecule has 0 unspecified atom stereocenters. The predicted octanol–water partition coefficient (Wildman–Crippen LogP) is 4.51. The summed E-state index contributed by atoms with van der Waals surface area (Å²) >= 11 is 0. The summed E-state index contributed by atoms with van der Waals surface area (Å²) in [5.41, 5.74) is -0.359. The molecule has 0 aliphatic heterocycles. The van der Waals surface area contributed by atoms with E-state index in [4.69, 9.17) is 10.00 Å². The summed E-state index contributed by atoms with van der Waals surface area (Å²) in [6.45, 7) is -0.642. The van der Waals surface area contributed by atoms with Crippen LogP contribution in [0.15, 0.2) is 66.9 Å². The minimum Gasteiger partial charge on any atom is -0.452 e. The third kappa shape index (κ3) is 5.60. The molecule has 0 bridgehead atoms. The summed E-state index contributed by atoms with van der Waals surface area (Å²) in [5.74, 6) is -1.61. The number of rotatable bonds is 6. The molecule has 2 N–H and O–H groups in total. The highest BCUT2D eigenvalue weighted by Gasteiger charge is 2.30. The van der Waals surface area contributed by atoms with Gasteiger partial charge in [0.1, 0.15) is 17.5 Å². The van der Waals surface area contributed by atoms with E-state index in [0.717, 1.165) is 12.1 Å². The molecule has 7 nitrogen and oxygen atoms in total. The summed E-state index contributed by atoms with van der Waals surface area (Å²) in [4.78, 5) is 28.5. The molecule has 2 aromatic carbocycles. The van der Waals surface area contributed by atoms with Gasteiger partial charge in [-0.05, 0) is 42.5 Å². The third-order valence-corrected chi connectivity index (χ3v) is 4.14. The molecule has 1 aromatic heterocycles. The molecule has 0 atom stereocenters. The SMILES string of the molecule is N#Cc1ccccc1NC(=O)COC(=O)c1cccnc1Nc1cccc(C(F)(F)F)c1. The molecular formula is C22H15F3N4O3. The van der Waals surface area contributed by atoms with Gasteiger partial charge in [0.05, 0.1) is 16.8 Å². The predicted molar refractivity (Wildman–Crippen MR) is 109 cm³/mol. The summed E-state index contributed by atoms with van der Waals surface area (Å²) < 4.78 is 43.8. The molecular weight excluding hydrogens is 425 g/mol. The number of amides is 1.